The fourth-order valence-corrected chi connectivity index (χ4v) is 4.01. The van der Waals surface area contributed by atoms with Crippen molar-refractivity contribution in [2.24, 2.45) is 7.05 Å². The number of aromatic nitrogens is 3. The molecule has 0 bridgehead atoms. The summed E-state index contributed by atoms with van der Waals surface area (Å²) in [6.45, 7) is 0.938. The van der Waals surface area contributed by atoms with Crippen LogP contribution in [0.2, 0.25) is 0 Å². The van der Waals surface area contributed by atoms with E-state index in [1.165, 1.54) is 24.2 Å². The Bertz CT molecular complexity index is 770. The lowest BCUT2D eigenvalue weighted by molar-refractivity contribution is 0.607. The highest BCUT2D eigenvalue weighted by atomic mass is 15.3. The number of imidazole rings is 1. The van der Waals surface area contributed by atoms with Gasteiger partial charge in [-0.2, -0.15) is 5.26 Å². The van der Waals surface area contributed by atoms with E-state index in [-0.39, 0.29) is 6.04 Å². The number of aryl methyl sites for hydroxylation is 1. The lowest BCUT2D eigenvalue weighted by Crippen LogP contribution is -2.26. The highest BCUT2D eigenvalue weighted by molar-refractivity contribution is 5.55. The van der Waals surface area contributed by atoms with Gasteiger partial charge in [0.05, 0.1) is 17.3 Å². The molecule has 3 heterocycles. The largest absolute Gasteiger partial charge is 0.345 e. The third-order valence-electron chi connectivity index (χ3n) is 5.14. The van der Waals surface area contributed by atoms with Crippen LogP contribution >= 0.6 is 0 Å². The fraction of sp³-hybridized carbons (Fsp3) is 0.500. The van der Waals surface area contributed by atoms with Crippen LogP contribution < -0.4 is 4.90 Å². The lowest BCUT2D eigenvalue weighted by Gasteiger charge is -2.26. The number of hydrogen-bond acceptors (Lipinski definition) is 4. The van der Waals surface area contributed by atoms with Crippen molar-refractivity contribution < 1.29 is 0 Å². The zero-order valence-electron chi connectivity index (χ0n) is 13.5. The normalized spacial score (nSPS) is 20.3. The van der Waals surface area contributed by atoms with Crippen LogP contribution in [-0.2, 0) is 19.9 Å². The molecule has 0 aromatic carbocycles. The Morgan fingerprint density at radius 1 is 1.26 bits per heavy atom. The molecule has 0 saturated carbocycles. The third-order valence-corrected chi connectivity index (χ3v) is 5.14. The number of nitriles is 1. The van der Waals surface area contributed by atoms with Crippen LogP contribution in [-0.4, -0.2) is 21.1 Å². The van der Waals surface area contributed by atoms with Crippen molar-refractivity contribution in [3.63, 3.8) is 0 Å². The van der Waals surface area contributed by atoms with Crippen molar-refractivity contribution >= 4 is 5.82 Å². The number of nitrogens with zero attached hydrogens (tertiary/aromatic N) is 5. The molecular formula is C18H21N5. The monoisotopic (exact) mass is 307 g/mol. The molecule has 2 aliphatic rings. The summed E-state index contributed by atoms with van der Waals surface area (Å²) >= 11 is 0. The molecule has 0 unspecified atom stereocenters. The molecule has 1 fully saturated rings. The SMILES string of the molecule is Cn1c([C@H]2CCCN2c2ncccc2C#N)nc2c1CCCC2. The maximum absolute atomic E-state index is 9.39. The van der Waals surface area contributed by atoms with Crippen molar-refractivity contribution in [1.29, 1.82) is 5.26 Å². The maximum Gasteiger partial charge on any atom is 0.147 e. The first-order valence-electron chi connectivity index (χ1n) is 8.45. The first-order chi connectivity index (χ1) is 11.3. The van der Waals surface area contributed by atoms with Crippen LogP contribution in [0, 0.1) is 11.3 Å². The smallest absolute Gasteiger partial charge is 0.147 e. The van der Waals surface area contributed by atoms with Gasteiger partial charge in [0.1, 0.15) is 17.7 Å². The third kappa shape index (κ3) is 2.29. The average molecular weight is 307 g/mol. The number of pyridine rings is 1. The number of fused-ring (bicyclic) bond motifs is 1. The molecule has 1 atom stereocenters. The summed E-state index contributed by atoms with van der Waals surface area (Å²) in [7, 11) is 2.15. The molecule has 0 N–H and O–H groups in total. The Balaban J connectivity index is 1.74. The van der Waals surface area contributed by atoms with Gasteiger partial charge in [0.15, 0.2) is 0 Å². The van der Waals surface area contributed by atoms with E-state index in [0.29, 0.717) is 5.56 Å². The van der Waals surface area contributed by atoms with Crippen LogP contribution in [0.3, 0.4) is 0 Å². The van der Waals surface area contributed by atoms with Crippen molar-refractivity contribution in [3.8, 4) is 6.07 Å². The Kier molecular flexibility index (Phi) is 3.53. The topological polar surface area (TPSA) is 57.7 Å². The van der Waals surface area contributed by atoms with Crippen LogP contribution in [0.15, 0.2) is 18.3 Å². The van der Waals surface area contributed by atoms with Gasteiger partial charge >= 0.3 is 0 Å². The first-order valence-corrected chi connectivity index (χ1v) is 8.45. The van der Waals surface area contributed by atoms with E-state index in [9.17, 15) is 5.26 Å². The van der Waals surface area contributed by atoms with Crippen LogP contribution in [0.5, 0.6) is 0 Å². The lowest BCUT2D eigenvalue weighted by atomic mass is 10.0. The molecule has 23 heavy (non-hydrogen) atoms. The van der Waals surface area contributed by atoms with Crippen LogP contribution in [0.1, 0.15) is 54.5 Å². The Morgan fingerprint density at radius 2 is 2.13 bits per heavy atom. The number of rotatable bonds is 2. The summed E-state index contributed by atoms with van der Waals surface area (Å²) in [5.41, 5.74) is 3.33. The van der Waals surface area contributed by atoms with E-state index in [4.69, 9.17) is 4.98 Å². The Hall–Kier alpha value is -2.35. The zero-order chi connectivity index (χ0) is 15.8. The van der Waals surface area contributed by atoms with Crippen molar-refractivity contribution in [3.05, 3.63) is 41.1 Å². The molecule has 5 nitrogen and oxygen atoms in total. The maximum atomic E-state index is 9.39. The minimum absolute atomic E-state index is 0.229. The molecule has 1 saturated heterocycles. The van der Waals surface area contributed by atoms with Gasteiger partial charge in [-0.1, -0.05) is 0 Å². The van der Waals surface area contributed by atoms with Gasteiger partial charge in [-0.15, -0.1) is 0 Å². The van der Waals surface area contributed by atoms with Crippen LogP contribution in [0.25, 0.3) is 0 Å². The van der Waals surface area contributed by atoms with Crippen molar-refractivity contribution in [2.75, 3.05) is 11.4 Å². The quantitative estimate of drug-likeness (QED) is 0.856. The minimum Gasteiger partial charge on any atom is -0.345 e. The van der Waals surface area contributed by atoms with Gasteiger partial charge in [-0.25, -0.2) is 9.97 Å². The summed E-state index contributed by atoms with van der Waals surface area (Å²) < 4.78 is 2.30. The van der Waals surface area contributed by atoms with Gasteiger partial charge < -0.3 is 9.47 Å². The van der Waals surface area contributed by atoms with E-state index >= 15 is 0 Å². The van der Waals surface area contributed by atoms with Gasteiger partial charge in [0, 0.05) is 25.5 Å². The predicted molar refractivity (Wildman–Crippen MR) is 88.1 cm³/mol. The molecule has 0 amide bonds. The molecule has 4 rings (SSSR count). The average Bonchev–Trinajstić information content (AvgIpc) is 3.20. The van der Waals surface area contributed by atoms with Crippen LogP contribution in [0.4, 0.5) is 5.82 Å². The van der Waals surface area contributed by atoms with E-state index in [1.54, 1.807) is 6.20 Å². The molecule has 5 heteroatoms. The summed E-state index contributed by atoms with van der Waals surface area (Å²) in [6, 6.07) is 6.18. The highest BCUT2D eigenvalue weighted by Crippen LogP contribution is 2.37. The molecule has 1 aliphatic heterocycles. The van der Waals surface area contributed by atoms with Crippen molar-refractivity contribution in [1.82, 2.24) is 14.5 Å². The molecule has 0 radical (unpaired) electrons. The van der Waals surface area contributed by atoms with E-state index < -0.39 is 0 Å². The summed E-state index contributed by atoms with van der Waals surface area (Å²) in [5.74, 6) is 1.95. The highest BCUT2D eigenvalue weighted by Gasteiger charge is 2.33. The molecule has 118 valence electrons. The second-order valence-electron chi connectivity index (χ2n) is 6.47. The fourth-order valence-electron chi connectivity index (χ4n) is 4.01. The first kappa shape index (κ1) is 14.3. The molecule has 0 spiro atoms. The van der Waals surface area contributed by atoms with Gasteiger partial charge in [-0.3, -0.25) is 0 Å². The minimum atomic E-state index is 0.229. The van der Waals surface area contributed by atoms with E-state index in [1.807, 2.05) is 12.1 Å². The number of hydrogen-bond donors (Lipinski definition) is 0. The Morgan fingerprint density at radius 3 is 2.96 bits per heavy atom. The van der Waals surface area contributed by atoms with Gasteiger partial charge in [0.25, 0.3) is 0 Å². The molecule has 1 aliphatic carbocycles. The summed E-state index contributed by atoms with van der Waals surface area (Å²) in [6.07, 6.45) is 8.71. The van der Waals surface area contributed by atoms with Crippen molar-refractivity contribution in [2.45, 2.75) is 44.6 Å². The predicted octanol–water partition coefficient (Wildman–Crippen LogP) is 2.91. The molecule has 2 aromatic heterocycles. The summed E-state index contributed by atoms with van der Waals surface area (Å²) in [5, 5.41) is 9.39. The van der Waals surface area contributed by atoms with Gasteiger partial charge in [0.2, 0.25) is 0 Å². The summed E-state index contributed by atoms with van der Waals surface area (Å²) in [4.78, 5) is 11.7. The standard InChI is InChI=1S/C18H21N5/c1-22-15-8-3-2-7-14(15)21-18(22)16-9-5-11-23(16)17-13(12-19)6-4-10-20-17/h4,6,10,16H,2-3,5,7-9,11H2,1H3/t16-/m1/s1. The number of anilines is 1. The van der Waals surface area contributed by atoms with Gasteiger partial charge in [-0.05, 0) is 50.7 Å². The molecule has 2 aromatic rings. The Labute approximate surface area is 136 Å². The molecular weight excluding hydrogens is 286 g/mol. The zero-order valence-corrected chi connectivity index (χ0v) is 13.5. The second-order valence-corrected chi connectivity index (χ2v) is 6.47. The van der Waals surface area contributed by atoms with E-state index in [2.05, 4.69) is 27.6 Å². The van der Waals surface area contributed by atoms with E-state index in [0.717, 1.165) is 43.9 Å². The second kappa shape index (κ2) is 5.69.